The highest BCUT2D eigenvalue weighted by Crippen LogP contribution is 2.25. The fraction of sp³-hybridized carbons (Fsp3) is 0.500. The first-order valence-electron chi connectivity index (χ1n) is 6.09. The number of hydrogen-bond acceptors (Lipinski definition) is 4. The maximum absolute atomic E-state index is 12.3. The van der Waals surface area contributed by atoms with Crippen LogP contribution in [0.3, 0.4) is 0 Å². The van der Waals surface area contributed by atoms with Crippen molar-refractivity contribution in [2.75, 3.05) is 12.3 Å². The van der Waals surface area contributed by atoms with Crippen LogP contribution in [0.5, 0.6) is 0 Å². The molecule has 2 unspecified atom stereocenters. The van der Waals surface area contributed by atoms with Crippen molar-refractivity contribution in [1.82, 2.24) is 4.72 Å². The Morgan fingerprint density at radius 1 is 1.53 bits per heavy atom. The number of rotatable bonds is 4. The van der Waals surface area contributed by atoms with E-state index in [-0.39, 0.29) is 22.1 Å². The Labute approximate surface area is 118 Å². The quantitative estimate of drug-likeness (QED) is 0.831. The van der Waals surface area contributed by atoms with Crippen LogP contribution in [0.15, 0.2) is 23.1 Å². The minimum absolute atomic E-state index is 0.000913. The smallest absolute Gasteiger partial charge is 0.242 e. The Morgan fingerprint density at radius 2 is 2.26 bits per heavy atom. The van der Waals surface area contributed by atoms with Gasteiger partial charge >= 0.3 is 0 Å². The van der Waals surface area contributed by atoms with Crippen LogP contribution >= 0.6 is 11.6 Å². The molecule has 0 bridgehead atoms. The Kier molecular flexibility index (Phi) is 4.35. The maximum atomic E-state index is 12.3. The number of anilines is 1. The van der Waals surface area contributed by atoms with Crippen LogP contribution in [-0.2, 0) is 14.8 Å². The first kappa shape index (κ1) is 14.6. The lowest BCUT2D eigenvalue weighted by molar-refractivity contribution is 0.0902. The summed E-state index contributed by atoms with van der Waals surface area (Å²) in [5.41, 5.74) is 5.96. The van der Waals surface area contributed by atoms with Crippen molar-refractivity contribution in [2.24, 2.45) is 0 Å². The van der Waals surface area contributed by atoms with Gasteiger partial charge in [-0.05, 0) is 38.0 Å². The molecule has 3 N–H and O–H groups in total. The van der Waals surface area contributed by atoms with E-state index >= 15 is 0 Å². The molecule has 1 aromatic carbocycles. The Balaban J connectivity index is 2.19. The van der Waals surface area contributed by atoms with E-state index in [9.17, 15) is 8.42 Å². The highest BCUT2D eigenvalue weighted by Gasteiger charge is 2.28. The summed E-state index contributed by atoms with van der Waals surface area (Å²) in [6.45, 7) is 2.46. The van der Waals surface area contributed by atoms with Crippen molar-refractivity contribution in [3.8, 4) is 0 Å². The van der Waals surface area contributed by atoms with Gasteiger partial charge in [-0.15, -0.1) is 0 Å². The van der Waals surface area contributed by atoms with E-state index in [2.05, 4.69) is 4.72 Å². The third-order valence-corrected chi connectivity index (χ3v) is 5.15. The normalized spacial score (nSPS) is 21.5. The second-order valence-corrected chi connectivity index (χ2v) is 6.74. The number of nitrogens with two attached hydrogens (primary N) is 1. The number of benzene rings is 1. The van der Waals surface area contributed by atoms with Crippen LogP contribution in [-0.4, -0.2) is 27.2 Å². The van der Waals surface area contributed by atoms with Crippen LogP contribution in [0, 0.1) is 0 Å². The van der Waals surface area contributed by atoms with Crippen LogP contribution < -0.4 is 10.5 Å². The van der Waals surface area contributed by atoms with Gasteiger partial charge in [-0.3, -0.25) is 0 Å². The summed E-state index contributed by atoms with van der Waals surface area (Å²) in [4.78, 5) is -0.000913. The van der Waals surface area contributed by atoms with Gasteiger partial charge in [-0.1, -0.05) is 11.6 Å². The molecule has 0 radical (unpaired) electrons. The molecule has 19 heavy (non-hydrogen) atoms. The summed E-state index contributed by atoms with van der Waals surface area (Å²) in [5.74, 6) is 0. The average molecular weight is 305 g/mol. The molecule has 0 spiro atoms. The van der Waals surface area contributed by atoms with Gasteiger partial charge in [-0.2, -0.15) is 0 Å². The standard InChI is InChI=1S/C12H17ClN2O3S/c1-8(11-3-2-6-18-11)15-19(16,17)12-7-9(14)4-5-10(12)13/h4-5,7-8,11,15H,2-3,6,14H2,1H3. The second-order valence-electron chi connectivity index (χ2n) is 4.65. The zero-order chi connectivity index (χ0) is 14.0. The summed E-state index contributed by atoms with van der Waals surface area (Å²) >= 11 is 5.92. The van der Waals surface area contributed by atoms with Gasteiger partial charge in [0.2, 0.25) is 10.0 Å². The van der Waals surface area contributed by atoms with E-state index < -0.39 is 10.0 Å². The molecule has 2 atom stereocenters. The van der Waals surface area contributed by atoms with Gasteiger partial charge in [0.25, 0.3) is 0 Å². The fourth-order valence-electron chi connectivity index (χ4n) is 2.11. The Morgan fingerprint density at radius 3 is 2.89 bits per heavy atom. The Hall–Kier alpha value is -0.820. The lowest BCUT2D eigenvalue weighted by Crippen LogP contribution is -2.40. The molecule has 0 aliphatic carbocycles. The average Bonchev–Trinajstić information content (AvgIpc) is 2.85. The van der Waals surface area contributed by atoms with Gasteiger partial charge in [0, 0.05) is 18.3 Å². The molecule has 1 aliphatic rings. The van der Waals surface area contributed by atoms with E-state index in [4.69, 9.17) is 22.1 Å². The number of nitrogen functional groups attached to an aromatic ring is 1. The maximum Gasteiger partial charge on any atom is 0.242 e. The summed E-state index contributed by atoms with van der Waals surface area (Å²) in [5, 5.41) is 0.154. The molecule has 1 saturated heterocycles. The van der Waals surface area contributed by atoms with Gasteiger partial charge in [0.15, 0.2) is 0 Å². The fourth-order valence-corrected chi connectivity index (χ4v) is 3.91. The number of ether oxygens (including phenoxy) is 1. The molecule has 7 heteroatoms. The third kappa shape index (κ3) is 3.39. The van der Waals surface area contributed by atoms with Gasteiger partial charge < -0.3 is 10.5 Å². The molecule has 0 aromatic heterocycles. The molecule has 106 valence electrons. The number of nitrogens with one attached hydrogen (secondary N) is 1. The molecular formula is C12H17ClN2O3S. The summed E-state index contributed by atoms with van der Waals surface area (Å²) in [6, 6.07) is 4.09. The largest absolute Gasteiger partial charge is 0.399 e. The second kappa shape index (κ2) is 5.66. The van der Waals surface area contributed by atoms with Crippen molar-refractivity contribution in [3.05, 3.63) is 23.2 Å². The summed E-state index contributed by atoms with van der Waals surface area (Å²) in [7, 11) is -3.69. The van der Waals surface area contributed by atoms with E-state index in [1.54, 1.807) is 13.0 Å². The predicted octanol–water partition coefficient (Wildman–Crippen LogP) is 1.77. The van der Waals surface area contributed by atoms with Gasteiger partial charge in [-0.25, -0.2) is 13.1 Å². The van der Waals surface area contributed by atoms with E-state index in [1.165, 1.54) is 12.1 Å². The lowest BCUT2D eigenvalue weighted by atomic mass is 10.1. The van der Waals surface area contributed by atoms with Gasteiger partial charge in [0.05, 0.1) is 11.1 Å². The van der Waals surface area contributed by atoms with Crippen molar-refractivity contribution >= 4 is 27.3 Å². The zero-order valence-electron chi connectivity index (χ0n) is 10.6. The van der Waals surface area contributed by atoms with Crippen molar-refractivity contribution in [2.45, 2.75) is 36.8 Å². The topological polar surface area (TPSA) is 81.4 Å². The van der Waals surface area contributed by atoms with Crippen LogP contribution in [0.25, 0.3) is 0 Å². The molecule has 0 amide bonds. The van der Waals surface area contributed by atoms with E-state index in [0.717, 1.165) is 12.8 Å². The molecule has 0 saturated carbocycles. The van der Waals surface area contributed by atoms with Crippen LogP contribution in [0.4, 0.5) is 5.69 Å². The monoisotopic (exact) mass is 304 g/mol. The van der Waals surface area contributed by atoms with Crippen molar-refractivity contribution in [1.29, 1.82) is 0 Å². The highest BCUT2D eigenvalue weighted by atomic mass is 35.5. The highest BCUT2D eigenvalue weighted by molar-refractivity contribution is 7.89. The predicted molar refractivity (Wildman–Crippen MR) is 74.6 cm³/mol. The minimum atomic E-state index is -3.69. The van der Waals surface area contributed by atoms with Crippen molar-refractivity contribution in [3.63, 3.8) is 0 Å². The molecule has 1 heterocycles. The molecule has 1 aromatic rings. The van der Waals surface area contributed by atoms with E-state index in [0.29, 0.717) is 12.3 Å². The van der Waals surface area contributed by atoms with Crippen molar-refractivity contribution < 1.29 is 13.2 Å². The molecule has 5 nitrogen and oxygen atoms in total. The zero-order valence-corrected chi connectivity index (χ0v) is 12.2. The Bertz CT molecular complexity index is 556. The SMILES string of the molecule is CC(NS(=O)(=O)c1cc(N)ccc1Cl)C1CCCO1. The summed E-state index contributed by atoms with van der Waals surface area (Å²) < 4.78 is 32.6. The first-order valence-corrected chi connectivity index (χ1v) is 7.95. The molecule has 2 rings (SSSR count). The molecule has 1 fully saturated rings. The lowest BCUT2D eigenvalue weighted by Gasteiger charge is -2.20. The molecule has 1 aliphatic heterocycles. The number of sulfonamides is 1. The van der Waals surface area contributed by atoms with Crippen LogP contribution in [0.2, 0.25) is 5.02 Å². The first-order chi connectivity index (χ1) is 8.90. The number of hydrogen-bond donors (Lipinski definition) is 2. The van der Waals surface area contributed by atoms with Crippen LogP contribution in [0.1, 0.15) is 19.8 Å². The van der Waals surface area contributed by atoms with E-state index in [1.807, 2.05) is 0 Å². The van der Waals surface area contributed by atoms with Gasteiger partial charge in [0.1, 0.15) is 4.90 Å². The minimum Gasteiger partial charge on any atom is -0.399 e. The molecular weight excluding hydrogens is 288 g/mol. The summed E-state index contributed by atoms with van der Waals surface area (Å²) in [6.07, 6.45) is 1.72. The number of halogens is 1. The third-order valence-electron chi connectivity index (χ3n) is 3.11.